The molecule has 0 saturated carbocycles. The van der Waals surface area contributed by atoms with Crippen molar-refractivity contribution in [1.82, 2.24) is 15.3 Å². The van der Waals surface area contributed by atoms with Gasteiger partial charge in [-0.2, -0.15) is 0 Å². The molecular weight excluding hydrogens is 309 g/mol. The van der Waals surface area contributed by atoms with E-state index in [0.717, 1.165) is 16.0 Å². The Morgan fingerprint density at radius 1 is 1.37 bits per heavy atom. The van der Waals surface area contributed by atoms with Crippen LogP contribution in [0, 0.1) is 12.7 Å². The maximum absolute atomic E-state index is 13.7. The van der Waals surface area contributed by atoms with Gasteiger partial charge in [0.05, 0.1) is 5.69 Å². The van der Waals surface area contributed by atoms with Crippen LogP contribution < -0.4 is 5.32 Å². The first-order chi connectivity index (χ1) is 9.06. The molecule has 0 aliphatic carbocycles. The first-order valence-electron chi connectivity index (χ1n) is 6.03. The molecular formula is C14H15BrFN3. The van der Waals surface area contributed by atoms with Crippen LogP contribution in [0.5, 0.6) is 0 Å². The van der Waals surface area contributed by atoms with Crippen LogP contribution in [0.1, 0.15) is 30.0 Å². The van der Waals surface area contributed by atoms with Gasteiger partial charge >= 0.3 is 0 Å². The summed E-state index contributed by atoms with van der Waals surface area (Å²) in [5.74, 6) is 0.530. The maximum atomic E-state index is 13.7. The molecule has 100 valence electrons. The van der Waals surface area contributed by atoms with E-state index in [9.17, 15) is 4.39 Å². The fourth-order valence-electron chi connectivity index (χ4n) is 1.82. The Bertz CT molecular complexity index is 574. The van der Waals surface area contributed by atoms with Gasteiger partial charge in [-0.25, -0.2) is 14.4 Å². The lowest BCUT2D eigenvalue weighted by atomic mass is 10.1. The second-order valence-electron chi connectivity index (χ2n) is 4.36. The van der Waals surface area contributed by atoms with E-state index in [1.54, 1.807) is 18.3 Å². The highest BCUT2D eigenvalue weighted by Crippen LogP contribution is 2.21. The van der Waals surface area contributed by atoms with Crippen molar-refractivity contribution in [2.24, 2.45) is 0 Å². The molecule has 0 bridgehead atoms. The summed E-state index contributed by atoms with van der Waals surface area (Å²) in [5, 5.41) is 3.26. The molecule has 0 fully saturated rings. The summed E-state index contributed by atoms with van der Waals surface area (Å²) in [7, 11) is 0. The lowest BCUT2D eigenvalue weighted by molar-refractivity contribution is 0.523. The van der Waals surface area contributed by atoms with Crippen molar-refractivity contribution in [1.29, 1.82) is 0 Å². The zero-order valence-corrected chi connectivity index (χ0v) is 12.4. The molecule has 0 aliphatic rings. The first kappa shape index (κ1) is 14.1. The van der Waals surface area contributed by atoms with Gasteiger partial charge < -0.3 is 5.32 Å². The maximum Gasteiger partial charge on any atom is 0.128 e. The average molecular weight is 324 g/mol. The van der Waals surface area contributed by atoms with Crippen molar-refractivity contribution < 1.29 is 4.39 Å². The Morgan fingerprint density at radius 3 is 2.89 bits per heavy atom. The Labute approximate surface area is 120 Å². The van der Waals surface area contributed by atoms with Crippen LogP contribution in [0.15, 0.2) is 34.9 Å². The van der Waals surface area contributed by atoms with Gasteiger partial charge in [-0.05, 0) is 38.1 Å². The van der Waals surface area contributed by atoms with Crippen LogP contribution in [0.25, 0.3) is 0 Å². The van der Waals surface area contributed by atoms with Gasteiger partial charge in [0, 0.05) is 28.8 Å². The lowest BCUT2D eigenvalue weighted by Gasteiger charge is -2.15. The molecule has 1 aromatic carbocycles. The van der Waals surface area contributed by atoms with E-state index in [4.69, 9.17) is 0 Å². The second kappa shape index (κ2) is 6.21. The molecule has 1 N–H and O–H groups in total. The number of nitrogens with one attached hydrogen (secondary N) is 1. The third-order valence-corrected chi connectivity index (χ3v) is 3.34. The lowest BCUT2D eigenvalue weighted by Crippen LogP contribution is -2.20. The van der Waals surface area contributed by atoms with Crippen molar-refractivity contribution >= 4 is 15.9 Å². The van der Waals surface area contributed by atoms with E-state index in [-0.39, 0.29) is 11.9 Å². The number of nitrogens with zero attached hydrogens (tertiary/aromatic N) is 2. The Balaban J connectivity index is 2.05. The average Bonchev–Trinajstić information content (AvgIpc) is 2.39. The highest BCUT2D eigenvalue weighted by Gasteiger charge is 2.11. The van der Waals surface area contributed by atoms with Gasteiger partial charge in [0.1, 0.15) is 11.6 Å². The van der Waals surface area contributed by atoms with Gasteiger partial charge in [0.2, 0.25) is 0 Å². The number of hydrogen-bond donors (Lipinski definition) is 1. The second-order valence-corrected chi connectivity index (χ2v) is 5.28. The first-order valence-corrected chi connectivity index (χ1v) is 6.82. The van der Waals surface area contributed by atoms with Crippen LogP contribution in [-0.4, -0.2) is 9.97 Å². The molecule has 19 heavy (non-hydrogen) atoms. The Kier molecular flexibility index (Phi) is 4.61. The number of aryl methyl sites for hydroxylation is 1. The topological polar surface area (TPSA) is 37.8 Å². The normalized spacial score (nSPS) is 12.4. The third kappa shape index (κ3) is 3.81. The standard InChI is InChI=1S/C14H15BrFN3/c1-9(13-7-11(15)3-4-14(13)16)18-8-12-5-6-17-10(2)19-12/h3-7,9,18H,8H2,1-2H3. The quantitative estimate of drug-likeness (QED) is 0.935. The smallest absolute Gasteiger partial charge is 0.128 e. The van der Waals surface area contributed by atoms with Crippen molar-refractivity contribution in [3.8, 4) is 0 Å². The van der Waals surface area contributed by atoms with Gasteiger partial charge in [-0.15, -0.1) is 0 Å². The van der Waals surface area contributed by atoms with E-state index in [1.165, 1.54) is 6.07 Å². The van der Waals surface area contributed by atoms with Crippen LogP contribution >= 0.6 is 15.9 Å². The zero-order valence-electron chi connectivity index (χ0n) is 10.8. The summed E-state index contributed by atoms with van der Waals surface area (Å²) < 4.78 is 14.6. The van der Waals surface area contributed by atoms with Gasteiger partial charge in [0.15, 0.2) is 0 Å². The van der Waals surface area contributed by atoms with Gasteiger partial charge in [-0.1, -0.05) is 15.9 Å². The summed E-state index contributed by atoms with van der Waals surface area (Å²) in [6.45, 7) is 4.36. The molecule has 1 aromatic heterocycles. The molecule has 0 spiro atoms. The molecule has 1 heterocycles. The summed E-state index contributed by atoms with van der Waals surface area (Å²) in [5.41, 5.74) is 1.54. The molecule has 0 radical (unpaired) electrons. The number of benzene rings is 1. The summed E-state index contributed by atoms with van der Waals surface area (Å²) in [6.07, 6.45) is 1.73. The molecule has 2 aromatic rings. The number of hydrogen-bond acceptors (Lipinski definition) is 3. The Morgan fingerprint density at radius 2 is 2.16 bits per heavy atom. The molecule has 2 rings (SSSR count). The summed E-state index contributed by atoms with van der Waals surface area (Å²) in [6, 6.07) is 6.71. The molecule has 0 amide bonds. The van der Waals surface area contributed by atoms with Crippen molar-refractivity contribution in [3.63, 3.8) is 0 Å². The largest absolute Gasteiger partial charge is 0.304 e. The zero-order chi connectivity index (χ0) is 13.8. The van der Waals surface area contributed by atoms with E-state index in [0.29, 0.717) is 12.1 Å². The fraction of sp³-hybridized carbons (Fsp3) is 0.286. The van der Waals surface area contributed by atoms with Crippen molar-refractivity contribution in [2.45, 2.75) is 26.4 Å². The monoisotopic (exact) mass is 323 g/mol. The summed E-state index contributed by atoms with van der Waals surface area (Å²) >= 11 is 3.36. The van der Waals surface area contributed by atoms with E-state index in [1.807, 2.05) is 19.9 Å². The highest BCUT2D eigenvalue weighted by molar-refractivity contribution is 9.10. The highest BCUT2D eigenvalue weighted by atomic mass is 79.9. The van der Waals surface area contributed by atoms with E-state index < -0.39 is 0 Å². The minimum absolute atomic E-state index is 0.0900. The number of rotatable bonds is 4. The molecule has 0 saturated heterocycles. The summed E-state index contributed by atoms with van der Waals surface area (Å²) in [4.78, 5) is 8.35. The molecule has 0 aliphatic heterocycles. The van der Waals surface area contributed by atoms with Crippen LogP contribution in [-0.2, 0) is 6.54 Å². The van der Waals surface area contributed by atoms with Crippen LogP contribution in [0.3, 0.4) is 0 Å². The van der Waals surface area contributed by atoms with Gasteiger partial charge in [-0.3, -0.25) is 0 Å². The van der Waals surface area contributed by atoms with E-state index >= 15 is 0 Å². The minimum atomic E-state index is -0.206. The third-order valence-electron chi connectivity index (χ3n) is 2.85. The molecule has 1 atom stereocenters. The number of halogens is 2. The fourth-order valence-corrected chi connectivity index (χ4v) is 2.20. The molecule has 1 unspecified atom stereocenters. The minimum Gasteiger partial charge on any atom is -0.304 e. The molecule has 3 nitrogen and oxygen atoms in total. The predicted octanol–water partition coefficient (Wildman–Crippen LogP) is 3.54. The Hall–Kier alpha value is -1.33. The van der Waals surface area contributed by atoms with Crippen LogP contribution in [0.2, 0.25) is 0 Å². The van der Waals surface area contributed by atoms with Gasteiger partial charge in [0.25, 0.3) is 0 Å². The van der Waals surface area contributed by atoms with E-state index in [2.05, 4.69) is 31.2 Å². The molecule has 5 heteroatoms. The van der Waals surface area contributed by atoms with Crippen molar-refractivity contribution in [3.05, 3.63) is 57.8 Å². The SMILES string of the molecule is Cc1nccc(CNC(C)c2cc(Br)ccc2F)n1. The van der Waals surface area contributed by atoms with Crippen LogP contribution in [0.4, 0.5) is 4.39 Å². The number of aromatic nitrogens is 2. The van der Waals surface area contributed by atoms with Crippen molar-refractivity contribution in [2.75, 3.05) is 0 Å². The predicted molar refractivity (Wildman–Crippen MR) is 76.1 cm³/mol.